The topological polar surface area (TPSA) is 35.5 Å². The predicted octanol–water partition coefficient (Wildman–Crippen LogP) is 5.02. The van der Waals surface area contributed by atoms with Crippen molar-refractivity contribution in [3.8, 4) is 5.75 Å². The zero-order valence-electron chi connectivity index (χ0n) is 16.2. The van der Waals surface area contributed by atoms with Crippen molar-refractivity contribution in [2.24, 2.45) is 0 Å². The molecule has 1 aliphatic rings. The molecule has 0 fully saturated rings. The van der Waals surface area contributed by atoms with E-state index in [2.05, 4.69) is 25.1 Å². The summed E-state index contributed by atoms with van der Waals surface area (Å²) in [6.07, 6.45) is 2.10. The van der Waals surface area contributed by atoms with Gasteiger partial charge in [0.1, 0.15) is 11.2 Å². The van der Waals surface area contributed by atoms with Gasteiger partial charge in [-0.15, -0.1) is 0 Å². The molecule has 140 valence electrons. The molecule has 28 heavy (non-hydrogen) atoms. The van der Waals surface area contributed by atoms with Crippen LogP contribution in [0.15, 0.2) is 72.8 Å². The number of aryl methyl sites for hydroxylation is 1. The minimum atomic E-state index is -1.02. The van der Waals surface area contributed by atoms with Crippen molar-refractivity contribution >= 4 is 17.6 Å². The Morgan fingerprint density at radius 1 is 0.893 bits per heavy atom. The van der Waals surface area contributed by atoms with Crippen LogP contribution >= 0.6 is 0 Å². The molecule has 1 aliphatic carbocycles. The SMILES string of the molecule is COC(=O)C1(c2ccc(OC)cc2)C(c2cccc(C)c2)=Cc2ccccc21. The number of hydrogen-bond donors (Lipinski definition) is 0. The summed E-state index contributed by atoms with van der Waals surface area (Å²) in [7, 11) is 3.08. The van der Waals surface area contributed by atoms with Crippen molar-refractivity contribution < 1.29 is 14.3 Å². The molecular weight excluding hydrogens is 348 g/mol. The second-order valence-corrected chi connectivity index (χ2v) is 6.98. The first-order chi connectivity index (χ1) is 13.6. The number of ether oxygens (including phenoxy) is 2. The van der Waals surface area contributed by atoms with Crippen LogP contribution in [0.3, 0.4) is 0 Å². The van der Waals surface area contributed by atoms with Crippen molar-refractivity contribution in [1.82, 2.24) is 0 Å². The average Bonchev–Trinajstić information content (AvgIpc) is 3.09. The van der Waals surface area contributed by atoms with Crippen LogP contribution in [0.5, 0.6) is 5.75 Å². The van der Waals surface area contributed by atoms with Gasteiger partial charge in [-0.25, -0.2) is 0 Å². The van der Waals surface area contributed by atoms with Gasteiger partial charge >= 0.3 is 5.97 Å². The normalized spacial score (nSPS) is 17.6. The number of carbonyl (C=O) groups excluding carboxylic acids is 1. The summed E-state index contributed by atoms with van der Waals surface area (Å²) < 4.78 is 10.7. The molecule has 4 rings (SSSR count). The number of fused-ring (bicyclic) bond motifs is 1. The Balaban J connectivity index is 2.04. The van der Waals surface area contributed by atoms with Gasteiger partial charge in [0.05, 0.1) is 14.2 Å². The molecule has 0 saturated carbocycles. The highest BCUT2D eigenvalue weighted by Gasteiger charge is 2.51. The van der Waals surface area contributed by atoms with Crippen LogP contribution in [-0.4, -0.2) is 20.2 Å². The van der Waals surface area contributed by atoms with Gasteiger partial charge in [0.25, 0.3) is 0 Å². The van der Waals surface area contributed by atoms with E-state index in [1.807, 2.05) is 60.7 Å². The molecule has 0 radical (unpaired) electrons. The Hall–Kier alpha value is -3.33. The molecule has 0 aromatic heterocycles. The van der Waals surface area contributed by atoms with Crippen molar-refractivity contribution in [3.05, 3.63) is 101 Å². The first-order valence-electron chi connectivity index (χ1n) is 9.23. The van der Waals surface area contributed by atoms with E-state index in [4.69, 9.17) is 9.47 Å². The molecule has 1 atom stereocenters. The fraction of sp³-hybridized carbons (Fsp3) is 0.160. The molecule has 3 nitrogen and oxygen atoms in total. The van der Waals surface area contributed by atoms with E-state index >= 15 is 0 Å². The molecule has 0 saturated heterocycles. The maximum Gasteiger partial charge on any atom is 0.325 e. The van der Waals surface area contributed by atoms with E-state index in [0.717, 1.165) is 39.1 Å². The molecule has 3 aromatic rings. The molecule has 0 amide bonds. The summed E-state index contributed by atoms with van der Waals surface area (Å²) in [4.78, 5) is 13.4. The number of carbonyl (C=O) groups is 1. The smallest absolute Gasteiger partial charge is 0.325 e. The maximum atomic E-state index is 13.4. The van der Waals surface area contributed by atoms with Gasteiger partial charge in [-0.1, -0.05) is 66.2 Å². The summed E-state index contributed by atoms with van der Waals surface area (Å²) >= 11 is 0. The first-order valence-corrected chi connectivity index (χ1v) is 9.23. The van der Waals surface area contributed by atoms with Gasteiger partial charge in [0, 0.05) is 0 Å². The van der Waals surface area contributed by atoms with Gasteiger partial charge in [-0.2, -0.15) is 0 Å². The standard InChI is InChI=1S/C25H22O3/c1-17-7-6-9-18(15-17)23-16-19-8-4-5-10-22(19)25(23,24(26)28-3)20-11-13-21(27-2)14-12-20/h4-16H,1-3H3. The Morgan fingerprint density at radius 2 is 1.64 bits per heavy atom. The number of benzene rings is 3. The Bertz CT molecular complexity index is 1060. The molecule has 0 bridgehead atoms. The lowest BCUT2D eigenvalue weighted by molar-refractivity contribution is -0.143. The highest BCUT2D eigenvalue weighted by Crippen LogP contribution is 2.52. The van der Waals surface area contributed by atoms with E-state index in [0.29, 0.717) is 0 Å². The first kappa shape index (κ1) is 18.1. The van der Waals surface area contributed by atoms with Gasteiger partial charge in [0.2, 0.25) is 0 Å². The summed E-state index contributed by atoms with van der Waals surface area (Å²) in [6.45, 7) is 2.05. The van der Waals surface area contributed by atoms with Crippen molar-refractivity contribution in [1.29, 1.82) is 0 Å². The van der Waals surface area contributed by atoms with E-state index in [1.54, 1.807) is 7.11 Å². The summed E-state index contributed by atoms with van der Waals surface area (Å²) in [6, 6.07) is 23.9. The van der Waals surface area contributed by atoms with Gasteiger partial charge in [-0.3, -0.25) is 4.79 Å². The third-order valence-electron chi connectivity index (χ3n) is 5.41. The van der Waals surface area contributed by atoms with E-state index in [9.17, 15) is 4.79 Å². The second-order valence-electron chi connectivity index (χ2n) is 6.98. The lowest BCUT2D eigenvalue weighted by Crippen LogP contribution is -2.38. The van der Waals surface area contributed by atoms with Crippen molar-refractivity contribution in [2.75, 3.05) is 14.2 Å². The highest BCUT2D eigenvalue weighted by atomic mass is 16.5. The van der Waals surface area contributed by atoms with E-state index in [-0.39, 0.29) is 5.97 Å². The van der Waals surface area contributed by atoms with Crippen LogP contribution < -0.4 is 4.74 Å². The molecule has 0 N–H and O–H groups in total. The zero-order valence-corrected chi connectivity index (χ0v) is 16.2. The summed E-state index contributed by atoms with van der Waals surface area (Å²) in [5, 5.41) is 0. The summed E-state index contributed by atoms with van der Waals surface area (Å²) in [5.74, 6) is 0.450. The number of rotatable bonds is 4. The fourth-order valence-electron chi connectivity index (χ4n) is 4.13. The molecule has 0 heterocycles. The largest absolute Gasteiger partial charge is 0.497 e. The molecule has 0 spiro atoms. The molecule has 0 aliphatic heterocycles. The van der Waals surface area contributed by atoms with Gasteiger partial charge in [-0.05, 0) is 53.0 Å². The Morgan fingerprint density at radius 3 is 2.32 bits per heavy atom. The molecular formula is C25H22O3. The van der Waals surface area contributed by atoms with Crippen LogP contribution in [0.2, 0.25) is 0 Å². The van der Waals surface area contributed by atoms with Gasteiger partial charge < -0.3 is 9.47 Å². The third kappa shape index (κ3) is 2.63. The lowest BCUT2D eigenvalue weighted by Gasteiger charge is -2.32. The number of esters is 1. The quantitative estimate of drug-likeness (QED) is 0.605. The predicted molar refractivity (Wildman–Crippen MR) is 111 cm³/mol. The molecule has 1 unspecified atom stereocenters. The van der Waals surface area contributed by atoms with Crippen molar-refractivity contribution in [2.45, 2.75) is 12.3 Å². The monoisotopic (exact) mass is 370 g/mol. The summed E-state index contributed by atoms with van der Waals surface area (Å²) in [5.41, 5.74) is 4.88. The fourth-order valence-corrected chi connectivity index (χ4v) is 4.13. The Kier molecular flexibility index (Phi) is 4.52. The minimum absolute atomic E-state index is 0.296. The minimum Gasteiger partial charge on any atom is -0.497 e. The van der Waals surface area contributed by atoms with Crippen LogP contribution in [0.4, 0.5) is 0 Å². The van der Waals surface area contributed by atoms with Crippen LogP contribution in [0.25, 0.3) is 11.6 Å². The van der Waals surface area contributed by atoms with Crippen LogP contribution in [0.1, 0.15) is 27.8 Å². The highest BCUT2D eigenvalue weighted by molar-refractivity contribution is 6.11. The second kappa shape index (κ2) is 7.01. The lowest BCUT2D eigenvalue weighted by atomic mass is 9.69. The van der Waals surface area contributed by atoms with Crippen LogP contribution in [-0.2, 0) is 14.9 Å². The maximum absolute atomic E-state index is 13.4. The number of hydrogen-bond acceptors (Lipinski definition) is 3. The van der Waals surface area contributed by atoms with Crippen molar-refractivity contribution in [3.63, 3.8) is 0 Å². The zero-order chi connectivity index (χ0) is 19.7. The number of methoxy groups -OCH3 is 2. The average molecular weight is 370 g/mol. The van der Waals surface area contributed by atoms with Gasteiger partial charge in [0.15, 0.2) is 0 Å². The van der Waals surface area contributed by atoms with E-state index in [1.165, 1.54) is 7.11 Å². The van der Waals surface area contributed by atoms with Crippen LogP contribution in [0, 0.1) is 6.92 Å². The molecule has 3 aromatic carbocycles. The van der Waals surface area contributed by atoms with E-state index < -0.39 is 5.41 Å². The third-order valence-corrected chi connectivity index (χ3v) is 5.41. The molecule has 3 heteroatoms. The Labute approximate surface area is 165 Å².